The van der Waals surface area contributed by atoms with Crippen molar-refractivity contribution in [2.24, 2.45) is 0 Å². The molecule has 4 aromatic heterocycles. The molecule has 2 atom stereocenters. The molecular weight excluding hydrogens is 1160 g/mol. The van der Waals surface area contributed by atoms with E-state index < -0.39 is 41.8 Å². The Balaban J connectivity index is 1.09. The van der Waals surface area contributed by atoms with Crippen molar-refractivity contribution in [2.45, 2.75) is 30.7 Å². The Labute approximate surface area is 539 Å². The molecule has 0 radical (unpaired) electrons. The summed E-state index contributed by atoms with van der Waals surface area (Å²) in [6.45, 7) is -2.57. The molecule has 0 bridgehead atoms. The van der Waals surface area contributed by atoms with Gasteiger partial charge in [-0.2, -0.15) is 0 Å². The maximum atomic E-state index is 10.8. The molecule has 0 aliphatic carbocycles. The summed E-state index contributed by atoms with van der Waals surface area (Å²) in [6, 6.07) is 97.3. The maximum Gasteiger partial charge on any atom is 0.220 e. The summed E-state index contributed by atoms with van der Waals surface area (Å²) in [4.78, 5) is 37.6. The third-order valence-corrected chi connectivity index (χ3v) is 32.3. The third kappa shape index (κ3) is 8.74. The summed E-state index contributed by atoms with van der Waals surface area (Å²) in [6.07, 6.45) is 0. The van der Waals surface area contributed by atoms with Crippen LogP contribution in [0.15, 0.2) is 297 Å². The minimum Gasteiger partial charge on any atom is -0.457 e. The van der Waals surface area contributed by atoms with Gasteiger partial charge in [0.2, 0.25) is 5.78 Å². The van der Waals surface area contributed by atoms with Crippen LogP contribution in [0.1, 0.15) is 19.4 Å². The van der Waals surface area contributed by atoms with E-state index in [0.717, 1.165) is 54.3 Å². The Morgan fingerprint density at radius 1 is 0.374 bits per heavy atom. The van der Waals surface area contributed by atoms with Gasteiger partial charge >= 0.3 is 0 Å². The second-order valence-corrected chi connectivity index (χ2v) is 34.6. The van der Waals surface area contributed by atoms with Gasteiger partial charge in [-0.15, -0.1) is 0 Å². The zero-order chi connectivity index (χ0) is 66.3. The first kappa shape index (κ1) is 49.1. The Bertz CT molecular complexity index is 5180. The van der Waals surface area contributed by atoms with Gasteiger partial charge in [0.05, 0.1) is 22.1 Å². The second-order valence-electron chi connectivity index (χ2n) is 23.4. The number of para-hydroxylation sites is 6. The highest BCUT2D eigenvalue weighted by atomic mass is 28.4. The smallest absolute Gasteiger partial charge is 0.220 e. The van der Waals surface area contributed by atoms with Crippen LogP contribution in [-0.2, 0) is 4.66 Å². The molecule has 1 aliphatic heterocycles. The topological polar surface area (TPSA) is 109 Å². The zero-order valence-corrected chi connectivity index (χ0v) is 52.7. The fraction of sp³-hybridized carbons (Fsp3) is 0.0641. The lowest BCUT2D eigenvalue weighted by Crippen LogP contribution is -2.78. The number of hydrogen-bond donors (Lipinski definition) is 0. The van der Waals surface area contributed by atoms with Crippen molar-refractivity contribution in [2.75, 3.05) is 0 Å². The Kier molecular flexibility index (Phi) is 11.9. The number of imidazole rings is 2. The second kappa shape index (κ2) is 22.0. The monoisotopic (exact) mass is 1230 g/mol. The Morgan fingerprint density at radius 3 is 1.31 bits per heavy atom. The molecule has 15 aromatic rings. The molecule has 10 nitrogen and oxygen atoms in total. The number of aromatic nitrogens is 9. The van der Waals surface area contributed by atoms with Gasteiger partial charge in [-0.05, 0) is 63.2 Å². The highest BCUT2D eigenvalue weighted by molar-refractivity contribution is 7.20. The van der Waals surface area contributed by atoms with Gasteiger partial charge in [-0.1, -0.05) is 281 Å². The molecular formula is C78H61N9OSi3. The van der Waals surface area contributed by atoms with E-state index >= 15 is 0 Å². The maximum absolute atomic E-state index is 10.8. The number of nitrogens with zero attached hydrogens (tertiary/aromatic N) is 9. The van der Waals surface area contributed by atoms with Crippen molar-refractivity contribution in [1.82, 2.24) is 43.9 Å². The third-order valence-electron chi connectivity index (χ3n) is 18.2. The van der Waals surface area contributed by atoms with Gasteiger partial charge in [-0.3, -0.25) is 8.97 Å². The number of rotatable bonds is 13. The van der Waals surface area contributed by atoms with Crippen LogP contribution < -0.4 is 36.4 Å². The van der Waals surface area contributed by atoms with Gasteiger partial charge in [0.1, 0.15) is 38.5 Å². The van der Waals surface area contributed by atoms with Crippen molar-refractivity contribution in [3.63, 3.8) is 0 Å². The summed E-state index contributed by atoms with van der Waals surface area (Å²) in [5.41, 5.74) is 7.73. The van der Waals surface area contributed by atoms with Gasteiger partial charge in [0.25, 0.3) is 0 Å². The molecule has 16 rings (SSSR count). The van der Waals surface area contributed by atoms with Crippen LogP contribution in [0.5, 0.6) is 11.5 Å². The van der Waals surface area contributed by atoms with Gasteiger partial charge in [-0.25, -0.2) is 34.9 Å². The molecule has 0 saturated carbocycles. The van der Waals surface area contributed by atoms with Crippen LogP contribution in [0.2, 0.25) is 26.0 Å². The number of ether oxygens (including phenoxy) is 1. The first-order chi connectivity index (χ1) is 47.1. The predicted octanol–water partition coefficient (Wildman–Crippen LogP) is 13.5. The fourth-order valence-corrected chi connectivity index (χ4v) is 28.7. The molecule has 13 heteroatoms. The van der Waals surface area contributed by atoms with Gasteiger partial charge in [0.15, 0.2) is 31.4 Å². The molecule has 2 unspecified atom stereocenters. The summed E-state index contributed by atoms with van der Waals surface area (Å²) in [5.74, 6) is 2.24. The molecule has 11 aromatic carbocycles. The Morgan fingerprint density at radius 2 is 0.791 bits per heavy atom. The zero-order valence-electron chi connectivity index (χ0n) is 55.7. The van der Waals surface area contributed by atoms with E-state index in [1.165, 1.54) is 0 Å². The molecule has 5 heterocycles. The van der Waals surface area contributed by atoms with Crippen LogP contribution in [0.3, 0.4) is 0 Å². The average molecular weight is 1230 g/mol. The molecule has 436 valence electrons. The van der Waals surface area contributed by atoms with E-state index in [4.69, 9.17) is 39.6 Å². The lowest BCUT2D eigenvalue weighted by atomic mass is 9.98. The molecule has 0 saturated heterocycles. The summed E-state index contributed by atoms with van der Waals surface area (Å²) in [7, 11) is -14.4. The minimum atomic E-state index is -5.20. The van der Waals surface area contributed by atoms with Crippen molar-refractivity contribution < 1.29 is 13.0 Å². The molecule has 91 heavy (non-hydrogen) atoms. The largest absolute Gasteiger partial charge is 0.457 e. The minimum absolute atomic E-state index is 0.0314. The van der Waals surface area contributed by atoms with Crippen LogP contribution in [0.25, 0.3) is 79.1 Å². The highest BCUT2D eigenvalue weighted by Crippen LogP contribution is 2.56. The van der Waals surface area contributed by atoms with E-state index in [-0.39, 0.29) is 39.9 Å². The first-order valence-electron chi connectivity index (χ1n) is 33.4. The van der Waals surface area contributed by atoms with Crippen molar-refractivity contribution in [3.05, 3.63) is 308 Å². The van der Waals surface area contributed by atoms with E-state index in [2.05, 4.69) is 106 Å². The first-order valence-corrected chi connectivity index (χ1v) is 37.4. The quantitative estimate of drug-likeness (QED) is 0.0830. The molecule has 1 aliphatic rings. The van der Waals surface area contributed by atoms with E-state index in [1.54, 1.807) is 13.1 Å². The van der Waals surface area contributed by atoms with E-state index in [0.29, 0.717) is 39.1 Å². The SMILES string of the molecule is [2H]C([2H])([2H])[Si](C)(c1nc(-c2ccccc2)nc(-c2ccccc2)n1)C1([Si](C)(c2nc(-c3ccccc3)nc(-c3ccccc3)n2)C([2H])([2H])[2H])c2ccccc2Oc2c1cccc2[Si](c1ccccc1)(c1ccccc1)c1cccc(-n2c3ccccc3n3c4ccccc4nc23)c1. The molecule has 0 spiro atoms. The standard InChI is InChI=1S/C78H61N9OSi3/c1-89(2,75-82-71(54-31-11-5-12-32-54)80-72(83-75)55-33-13-6-14-34-55)78(90(3,4)76-84-73(56-35-15-7-16-36-56)81-74(85-76)57-37-17-8-18-38-57)62-45-23-28-51-68(62)88-70-63(78)46-30-52-69(70)91(59-40-19-9-20-41-59,60-42-21-10-22-43-60)61-44-29-39-58(53-61)86-66-49-26-27-50-67(66)87-65-48-25-24-47-64(65)79-77(86)87/h5-53H,1-4H3/i1D3,3D3. The van der Waals surface area contributed by atoms with Gasteiger partial charge in [0, 0.05) is 52.0 Å². The van der Waals surface area contributed by atoms with Crippen LogP contribution in [0.4, 0.5) is 0 Å². The average Bonchev–Trinajstić information content (AvgIpc) is 1.18. The lowest BCUT2D eigenvalue weighted by Gasteiger charge is -2.56. The van der Waals surface area contributed by atoms with Crippen molar-refractivity contribution in [3.8, 4) is 62.7 Å². The Hall–Kier alpha value is -10.8. The van der Waals surface area contributed by atoms with Gasteiger partial charge < -0.3 is 4.74 Å². The van der Waals surface area contributed by atoms with Crippen molar-refractivity contribution in [1.29, 1.82) is 0 Å². The van der Waals surface area contributed by atoms with E-state index in [9.17, 15) is 8.22 Å². The van der Waals surface area contributed by atoms with Crippen LogP contribution in [0, 0.1) is 0 Å². The summed E-state index contributed by atoms with van der Waals surface area (Å²) >= 11 is 0. The highest BCUT2D eigenvalue weighted by Gasteiger charge is 2.67. The lowest BCUT2D eigenvalue weighted by molar-refractivity contribution is 0.452. The fourth-order valence-electron chi connectivity index (χ4n) is 14.2. The normalized spacial score (nSPS) is 16.4. The summed E-state index contributed by atoms with van der Waals surface area (Å²) in [5, 5.41) is 3.66. The predicted molar refractivity (Wildman–Crippen MR) is 376 cm³/mol. The summed E-state index contributed by atoms with van der Waals surface area (Å²) < 4.78 is 74.8. The van der Waals surface area contributed by atoms with Crippen molar-refractivity contribution >= 4 is 83.7 Å². The van der Waals surface area contributed by atoms with Crippen LogP contribution >= 0.6 is 0 Å². The number of benzene rings is 11. The number of hydrogen-bond acceptors (Lipinski definition) is 8. The number of fused-ring (bicyclic) bond motifs is 7. The van der Waals surface area contributed by atoms with E-state index in [1.807, 2.05) is 200 Å². The molecule has 0 amide bonds. The molecule has 0 fully saturated rings. The molecule has 0 N–H and O–H groups in total. The van der Waals surface area contributed by atoms with Crippen LogP contribution in [-0.4, -0.2) is 68.1 Å².